The lowest BCUT2D eigenvalue weighted by molar-refractivity contribution is 0.191. The van der Waals surface area contributed by atoms with Gasteiger partial charge in [0, 0.05) is 41.9 Å². The smallest absolute Gasteiger partial charge is 0.317 e. The van der Waals surface area contributed by atoms with E-state index in [-0.39, 0.29) is 6.03 Å². The van der Waals surface area contributed by atoms with Crippen LogP contribution in [0.5, 0.6) is 5.75 Å². The van der Waals surface area contributed by atoms with Crippen molar-refractivity contribution >= 4 is 34.9 Å². The molecule has 7 heteroatoms. The molecular formula is C19H21Cl2N3O2. The summed E-state index contributed by atoms with van der Waals surface area (Å²) in [5.41, 5.74) is 1.09. The van der Waals surface area contributed by atoms with Gasteiger partial charge in [0.25, 0.3) is 0 Å². The second-order valence-corrected chi connectivity index (χ2v) is 6.86. The molecule has 1 saturated heterocycles. The highest BCUT2D eigenvalue weighted by Crippen LogP contribution is 2.21. The van der Waals surface area contributed by atoms with Gasteiger partial charge in [-0.15, -0.1) is 0 Å². The highest BCUT2D eigenvalue weighted by Gasteiger charge is 2.21. The maximum absolute atomic E-state index is 12.3. The third-order valence-corrected chi connectivity index (χ3v) is 4.65. The van der Waals surface area contributed by atoms with Gasteiger partial charge in [-0.25, -0.2) is 4.79 Å². The summed E-state index contributed by atoms with van der Waals surface area (Å²) < 4.78 is 5.57. The number of rotatable bonds is 5. The van der Waals surface area contributed by atoms with Gasteiger partial charge in [0.15, 0.2) is 0 Å². The molecule has 1 aliphatic heterocycles. The lowest BCUT2D eigenvalue weighted by Gasteiger charge is -2.36. The molecule has 1 N–H and O–H groups in total. The van der Waals surface area contributed by atoms with Crippen molar-refractivity contribution in [1.29, 1.82) is 0 Å². The molecule has 2 amide bonds. The summed E-state index contributed by atoms with van der Waals surface area (Å²) in [6.45, 7) is 3.76. The number of nitrogens with zero attached hydrogens (tertiary/aromatic N) is 2. The Morgan fingerprint density at radius 3 is 2.38 bits per heavy atom. The van der Waals surface area contributed by atoms with Crippen LogP contribution in [0.3, 0.4) is 0 Å². The summed E-state index contributed by atoms with van der Waals surface area (Å²) in [5.74, 6) is 0.696. The quantitative estimate of drug-likeness (QED) is 0.783. The number of carbonyl (C=O) groups excluding carboxylic acids is 1. The first-order valence-electron chi connectivity index (χ1n) is 8.53. The largest absolute Gasteiger partial charge is 0.492 e. The predicted octanol–water partition coefficient (Wildman–Crippen LogP) is 3.90. The lowest BCUT2D eigenvalue weighted by Crippen LogP contribution is -2.52. The van der Waals surface area contributed by atoms with Gasteiger partial charge in [0.05, 0.1) is 6.54 Å². The van der Waals surface area contributed by atoms with E-state index in [1.165, 1.54) is 0 Å². The van der Waals surface area contributed by atoms with E-state index < -0.39 is 0 Å². The second-order valence-electron chi connectivity index (χ2n) is 5.99. The minimum Gasteiger partial charge on any atom is -0.492 e. The molecule has 1 aliphatic rings. The first-order valence-corrected chi connectivity index (χ1v) is 9.29. The van der Waals surface area contributed by atoms with Crippen LogP contribution in [0.15, 0.2) is 48.5 Å². The summed E-state index contributed by atoms with van der Waals surface area (Å²) in [6.07, 6.45) is 0. The molecule has 0 bridgehead atoms. The number of hydrogen-bond donors (Lipinski definition) is 1. The molecule has 0 spiro atoms. The average Bonchev–Trinajstić information content (AvgIpc) is 2.65. The Balaban J connectivity index is 1.38. The van der Waals surface area contributed by atoms with Crippen molar-refractivity contribution in [2.45, 2.75) is 0 Å². The maximum Gasteiger partial charge on any atom is 0.317 e. The Kier molecular flexibility index (Phi) is 6.47. The molecule has 26 heavy (non-hydrogen) atoms. The molecule has 2 aromatic rings. The maximum atomic E-state index is 12.3. The number of anilines is 1. The number of amides is 2. The van der Waals surface area contributed by atoms with Gasteiger partial charge in [0.2, 0.25) is 0 Å². The van der Waals surface area contributed by atoms with Crippen LogP contribution < -0.4 is 15.0 Å². The third kappa shape index (κ3) is 5.19. The molecule has 0 aliphatic carbocycles. The molecule has 0 atom stereocenters. The van der Waals surface area contributed by atoms with E-state index in [1.807, 2.05) is 41.3 Å². The zero-order valence-corrected chi connectivity index (χ0v) is 15.8. The van der Waals surface area contributed by atoms with E-state index in [0.717, 1.165) is 23.8 Å². The summed E-state index contributed by atoms with van der Waals surface area (Å²) in [7, 11) is 0. The average molecular weight is 394 g/mol. The number of piperazine rings is 1. The number of hydrogen-bond acceptors (Lipinski definition) is 3. The summed E-state index contributed by atoms with van der Waals surface area (Å²) >= 11 is 12.0. The van der Waals surface area contributed by atoms with Crippen LogP contribution in [-0.2, 0) is 0 Å². The summed E-state index contributed by atoms with van der Waals surface area (Å²) in [6, 6.07) is 14.9. The topological polar surface area (TPSA) is 44.8 Å². The zero-order valence-electron chi connectivity index (χ0n) is 14.3. The molecule has 1 fully saturated rings. The highest BCUT2D eigenvalue weighted by atomic mass is 35.5. The molecule has 0 radical (unpaired) electrons. The fourth-order valence-corrected chi connectivity index (χ4v) is 3.20. The van der Waals surface area contributed by atoms with Crippen molar-refractivity contribution in [3.8, 4) is 5.75 Å². The van der Waals surface area contributed by atoms with Gasteiger partial charge in [-0.1, -0.05) is 35.3 Å². The van der Waals surface area contributed by atoms with Gasteiger partial charge in [-0.2, -0.15) is 0 Å². The fraction of sp³-hybridized carbons (Fsp3) is 0.316. The Hall–Kier alpha value is -2.11. The molecule has 2 aromatic carbocycles. The van der Waals surface area contributed by atoms with E-state index in [0.29, 0.717) is 37.0 Å². The Morgan fingerprint density at radius 1 is 1.00 bits per heavy atom. The third-order valence-electron chi connectivity index (χ3n) is 4.18. The summed E-state index contributed by atoms with van der Waals surface area (Å²) in [4.78, 5) is 16.3. The van der Waals surface area contributed by atoms with Crippen molar-refractivity contribution in [2.24, 2.45) is 0 Å². The van der Waals surface area contributed by atoms with Gasteiger partial charge >= 0.3 is 6.03 Å². The number of urea groups is 1. The number of nitrogens with one attached hydrogen (secondary N) is 1. The van der Waals surface area contributed by atoms with Gasteiger partial charge in [0.1, 0.15) is 12.4 Å². The fourth-order valence-electron chi connectivity index (χ4n) is 2.84. The van der Waals surface area contributed by atoms with Crippen LogP contribution in [0.2, 0.25) is 10.0 Å². The highest BCUT2D eigenvalue weighted by molar-refractivity contribution is 6.31. The minimum atomic E-state index is -0.0644. The molecule has 138 valence electrons. The first kappa shape index (κ1) is 18.7. The van der Waals surface area contributed by atoms with Crippen molar-refractivity contribution in [2.75, 3.05) is 44.2 Å². The molecule has 0 aromatic heterocycles. The Morgan fingerprint density at radius 2 is 1.69 bits per heavy atom. The molecule has 0 saturated carbocycles. The molecule has 1 heterocycles. The lowest BCUT2D eigenvalue weighted by atomic mass is 10.2. The molecule has 3 rings (SSSR count). The number of halogens is 2. The molecular weight excluding hydrogens is 373 g/mol. The van der Waals surface area contributed by atoms with Gasteiger partial charge in [-0.3, -0.25) is 0 Å². The van der Waals surface area contributed by atoms with Crippen molar-refractivity contribution in [3.63, 3.8) is 0 Å². The van der Waals surface area contributed by atoms with Crippen LogP contribution in [0, 0.1) is 0 Å². The normalized spacial score (nSPS) is 14.2. The standard InChI is InChI=1S/C19H21Cl2N3O2/c20-15-3-1-5-17(13-15)23-8-10-24(11-9-23)19(25)22-7-12-26-18-6-2-4-16(21)14-18/h1-6,13-14H,7-12H2,(H,22,25). The zero-order chi connectivity index (χ0) is 18.4. The summed E-state index contributed by atoms with van der Waals surface area (Å²) in [5, 5.41) is 4.24. The van der Waals surface area contributed by atoms with Crippen LogP contribution in [-0.4, -0.2) is 50.3 Å². The van der Waals surface area contributed by atoms with Crippen LogP contribution in [0.1, 0.15) is 0 Å². The minimum absolute atomic E-state index is 0.0644. The van der Waals surface area contributed by atoms with E-state index >= 15 is 0 Å². The molecule has 5 nitrogen and oxygen atoms in total. The van der Waals surface area contributed by atoms with Gasteiger partial charge < -0.3 is 19.9 Å². The molecule has 0 unspecified atom stereocenters. The first-order chi connectivity index (χ1) is 12.6. The number of ether oxygens (including phenoxy) is 1. The van der Waals surface area contributed by atoms with E-state index in [1.54, 1.807) is 12.1 Å². The van der Waals surface area contributed by atoms with Crippen molar-refractivity contribution in [1.82, 2.24) is 10.2 Å². The van der Waals surface area contributed by atoms with E-state index in [4.69, 9.17) is 27.9 Å². The van der Waals surface area contributed by atoms with Crippen LogP contribution in [0.25, 0.3) is 0 Å². The Bertz CT molecular complexity index is 749. The van der Waals surface area contributed by atoms with Crippen LogP contribution >= 0.6 is 23.2 Å². The number of carbonyl (C=O) groups is 1. The van der Waals surface area contributed by atoms with Gasteiger partial charge in [-0.05, 0) is 36.4 Å². The predicted molar refractivity (Wildman–Crippen MR) is 106 cm³/mol. The SMILES string of the molecule is O=C(NCCOc1cccc(Cl)c1)N1CCN(c2cccc(Cl)c2)CC1. The van der Waals surface area contributed by atoms with Crippen molar-refractivity contribution < 1.29 is 9.53 Å². The van der Waals surface area contributed by atoms with E-state index in [9.17, 15) is 4.79 Å². The number of benzene rings is 2. The van der Waals surface area contributed by atoms with Crippen LogP contribution in [0.4, 0.5) is 10.5 Å². The monoisotopic (exact) mass is 393 g/mol. The second kappa shape index (κ2) is 9.01. The van der Waals surface area contributed by atoms with E-state index in [2.05, 4.69) is 10.2 Å². The van der Waals surface area contributed by atoms with Crippen molar-refractivity contribution in [3.05, 3.63) is 58.6 Å². The Labute approximate surface area is 163 Å².